The van der Waals surface area contributed by atoms with E-state index in [0.29, 0.717) is 12.5 Å². The minimum Gasteiger partial charge on any atom is -0.357 e. The number of aromatic nitrogens is 2. The molecular formula is C25H36N6O. The second-order valence-corrected chi connectivity index (χ2v) is 9.00. The summed E-state index contributed by atoms with van der Waals surface area (Å²) in [6.45, 7) is 5.97. The van der Waals surface area contributed by atoms with Crippen molar-refractivity contribution in [1.29, 1.82) is 0 Å². The summed E-state index contributed by atoms with van der Waals surface area (Å²) >= 11 is 0. The lowest BCUT2D eigenvalue weighted by molar-refractivity contribution is -0.135. The number of carbonyl (C=O) groups excluding carboxylic acids is 1. The maximum absolute atomic E-state index is 12.8. The Morgan fingerprint density at radius 1 is 1.12 bits per heavy atom. The zero-order valence-corrected chi connectivity index (χ0v) is 19.2. The molecule has 2 fully saturated rings. The van der Waals surface area contributed by atoms with Crippen molar-refractivity contribution in [2.75, 3.05) is 19.6 Å². The van der Waals surface area contributed by atoms with Gasteiger partial charge in [-0.3, -0.25) is 4.79 Å². The van der Waals surface area contributed by atoms with E-state index in [1.807, 2.05) is 12.5 Å². The number of benzene rings is 1. The highest BCUT2D eigenvalue weighted by molar-refractivity contribution is 5.81. The average Bonchev–Trinajstić information content (AvgIpc) is 3.51. The number of carbonyl (C=O) groups is 1. The van der Waals surface area contributed by atoms with Crippen LogP contribution in [0.3, 0.4) is 0 Å². The quantitative estimate of drug-likeness (QED) is 0.516. The molecule has 172 valence electrons. The smallest absolute Gasteiger partial charge is 0.225 e. The number of hydrogen-bond donors (Lipinski definition) is 2. The Bertz CT molecular complexity index is 870. The van der Waals surface area contributed by atoms with E-state index < -0.39 is 0 Å². The summed E-state index contributed by atoms with van der Waals surface area (Å²) in [5.41, 5.74) is 2.42. The first-order valence-electron chi connectivity index (χ1n) is 12.1. The van der Waals surface area contributed by atoms with Crippen LogP contribution in [0.1, 0.15) is 56.6 Å². The number of aliphatic imine (C=N–C) groups is 1. The Balaban J connectivity index is 1.29. The molecule has 2 aliphatic rings. The van der Waals surface area contributed by atoms with Crippen LogP contribution in [0.25, 0.3) is 0 Å². The lowest BCUT2D eigenvalue weighted by atomic mass is 9.88. The summed E-state index contributed by atoms with van der Waals surface area (Å²) in [6.07, 6.45) is 12.4. The summed E-state index contributed by atoms with van der Waals surface area (Å²) in [4.78, 5) is 23.8. The SMILES string of the molecule is CCNC(=NCc1ccc(Cn2ccnc2)cc1)NC1CCN(C(=O)C2CCCCC2)C1. The molecule has 1 saturated heterocycles. The molecule has 1 aromatic heterocycles. The zero-order chi connectivity index (χ0) is 22.2. The fourth-order valence-corrected chi connectivity index (χ4v) is 4.71. The standard InChI is InChI=1S/C25H36N6O/c1-2-27-25(28-16-20-8-10-21(11-9-20)17-30-15-13-26-19-30)29-23-12-14-31(18-23)24(32)22-6-4-3-5-7-22/h8-11,13,15,19,22-23H,2-7,12,14,16-18H2,1H3,(H2,27,28,29). The largest absolute Gasteiger partial charge is 0.357 e. The van der Waals surface area contributed by atoms with Crippen LogP contribution in [0.2, 0.25) is 0 Å². The van der Waals surface area contributed by atoms with Crippen molar-refractivity contribution in [2.24, 2.45) is 10.9 Å². The first-order chi connectivity index (χ1) is 15.7. The summed E-state index contributed by atoms with van der Waals surface area (Å²) in [5.74, 6) is 1.44. The Morgan fingerprint density at radius 3 is 2.62 bits per heavy atom. The van der Waals surface area contributed by atoms with Gasteiger partial charge >= 0.3 is 0 Å². The normalized spacial score (nSPS) is 19.8. The molecule has 1 unspecified atom stereocenters. The summed E-state index contributed by atoms with van der Waals surface area (Å²) in [5, 5.41) is 6.90. The van der Waals surface area contributed by atoms with Gasteiger partial charge in [-0.15, -0.1) is 0 Å². The van der Waals surface area contributed by atoms with Crippen molar-refractivity contribution in [1.82, 2.24) is 25.1 Å². The number of nitrogens with one attached hydrogen (secondary N) is 2. The Labute approximate surface area is 191 Å². The lowest BCUT2D eigenvalue weighted by Crippen LogP contribution is -2.45. The topological polar surface area (TPSA) is 74.6 Å². The molecule has 4 rings (SSSR count). The summed E-state index contributed by atoms with van der Waals surface area (Å²) < 4.78 is 2.06. The Morgan fingerprint density at radius 2 is 1.91 bits per heavy atom. The second kappa shape index (κ2) is 11.2. The fourth-order valence-electron chi connectivity index (χ4n) is 4.71. The predicted molar refractivity (Wildman–Crippen MR) is 127 cm³/mol. The fraction of sp³-hybridized carbons (Fsp3) is 0.560. The molecule has 0 radical (unpaired) electrons. The van der Waals surface area contributed by atoms with Gasteiger partial charge in [0.1, 0.15) is 0 Å². The van der Waals surface area contributed by atoms with Gasteiger partial charge in [-0.1, -0.05) is 43.5 Å². The van der Waals surface area contributed by atoms with E-state index in [-0.39, 0.29) is 12.0 Å². The predicted octanol–water partition coefficient (Wildman–Crippen LogP) is 3.17. The van der Waals surface area contributed by atoms with Crippen LogP contribution >= 0.6 is 0 Å². The van der Waals surface area contributed by atoms with Gasteiger partial charge in [0.25, 0.3) is 0 Å². The van der Waals surface area contributed by atoms with Gasteiger partial charge in [0.2, 0.25) is 5.91 Å². The number of amides is 1. The number of guanidine groups is 1. The van der Waals surface area contributed by atoms with Gasteiger partial charge in [-0.25, -0.2) is 9.98 Å². The minimum atomic E-state index is 0.251. The van der Waals surface area contributed by atoms with Crippen LogP contribution in [0, 0.1) is 5.92 Å². The lowest BCUT2D eigenvalue weighted by Gasteiger charge is -2.26. The minimum absolute atomic E-state index is 0.251. The van der Waals surface area contributed by atoms with Gasteiger partial charge < -0.3 is 20.1 Å². The van der Waals surface area contributed by atoms with Crippen LogP contribution < -0.4 is 10.6 Å². The van der Waals surface area contributed by atoms with Gasteiger partial charge in [-0.05, 0) is 37.3 Å². The van der Waals surface area contributed by atoms with Crippen LogP contribution in [0.15, 0.2) is 48.0 Å². The molecule has 2 N–H and O–H groups in total. The molecule has 7 nitrogen and oxygen atoms in total. The van der Waals surface area contributed by atoms with Crippen molar-refractivity contribution in [3.8, 4) is 0 Å². The van der Waals surface area contributed by atoms with Gasteiger partial charge in [-0.2, -0.15) is 0 Å². The van der Waals surface area contributed by atoms with Crippen LogP contribution in [-0.4, -0.2) is 52.0 Å². The zero-order valence-electron chi connectivity index (χ0n) is 19.2. The van der Waals surface area contributed by atoms with E-state index >= 15 is 0 Å². The van der Waals surface area contributed by atoms with Gasteiger partial charge in [0.05, 0.1) is 12.9 Å². The van der Waals surface area contributed by atoms with E-state index in [0.717, 1.165) is 51.4 Å². The third-order valence-electron chi connectivity index (χ3n) is 6.51. The molecule has 1 saturated carbocycles. The van der Waals surface area contributed by atoms with E-state index in [1.54, 1.807) is 6.20 Å². The Kier molecular flexibility index (Phi) is 7.80. The molecule has 32 heavy (non-hydrogen) atoms. The highest BCUT2D eigenvalue weighted by Crippen LogP contribution is 2.26. The number of nitrogens with zero attached hydrogens (tertiary/aromatic N) is 4. The molecule has 0 bridgehead atoms. The third-order valence-corrected chi connectivity index (χ3v) is 6.51. The average molecular weight is 437 g/mol. The molecule has 1 aliphatic carbocycles. The molecule has 1 amide bonds. The molecule has 2 heterocycles. The molecule has 1 aromatic carbocycles. The first kappa shape index (κ1) is 22.4. The van der Waals surface area contributed by atoms with Crippen molar-refractivity contribution < 1.29 is 4.79 Å². The van der Waals surface area contributed by atoms with Crippen LogP contribution in [-0.2, 0) is 17.9 Å². The molecule has 1 aliphatic heterocycles. The van der Waals surface area contributed by atoms with Crippen LogP contribution in [0.5, 0.6) is 0 Å². The van der Waals surface area contributed by atoms with E-state index in [9.17, 15) is 4.79 Å². The molecular weight excluding hydrogens is 400 g/mol. The van der Waals surface area contributed by atoms with E-state index in [1.165, 1.54) is 30.4 Å². The summed E-state index contributed by atoms with van der Waals surface area (Å²) in [6, 6.07) is 8.84. The summed E-state index contributed by atoms with van der Waals surface area (Å²) in [7, 11) is 0. The number of hydrogen-bond acceptors (Lipinski definition) is 3. The maximum Gasteiger partial charge on any atom is 0.225 e. The Hall–Kier alpha value is -2.83. The first-order valence-corrected chi connectivity index (χ1v) is 12.1. The van der Waals surface area contributed by atoms with Crippen molar-refractivity contribution in [3.63, 3.8) is 0 Å². The maximum atomic E-state index is 12.8. The van der Waals surface area contributed by atoms with Gasteiger partial charge in [0, 0.05) is 50.5 Å². The van der Waals surface area contributed by atoms with Crippen molar-refractivity contribution in [3.05, 3.63) is 54.1 Å². The third kappa shape index (κ3) is 6.11. The number of rotatable bonds is 7. The second-order valence-electron chi connectivity index (χ2n) is 9.00. The molecule has 2 aromatic rings. The van der Waals surface area contributed by atoms with E-state index in [2.05, 4.69) is 56.3 Å². The highest BCUT2D eigenvalue weighted by Gasteiger charge is 2.31. The molecule has 7 heteroatoms. The van der Waals surface area contributed by atoms with Crippen LogP contribution in [0.4, 0.5) is 0 Å². The monoisotopic (exact) mass is 436 g/mol. The molecule has 1 atom stereocenters. The van der Waals surface area contributed by atoms with Crippen molar-refractivity contribution >= 4 is 11.9 Å². The number of imidazole rings is 1. The molecule has 0 spiro atoms. The van der Waals surface area contributed by atoms with Gasteiger partial charge in [0.15, 0.2) is 5.96 Å². The van der Waals surface area contributed by atoms with E-state index in [4.69, 9.17) is 4.99 Å². The van der Waals surface area contributed by atoms with Crippen molar-refractivity contribution in [2.45, 2.75) is 64.6 Å². The number of likely N-dealkylation sites (tertiary alicyclic amines) is 1. The highest BCUT2D eigenvalue weighted by atomic mass is 16.2.